The molecule has 0 aliphatic carbocycles. The smallest absolute Gasteiger partial charge is 0.387 e. The number of ether oxygens (including phenoxy) is 2. The molecule has 2 aromatic carbocycles. The van der Waals surface area contributed by atoms with Gasteiger partial charge in [-0.25, -0.2) is 4.39 Å². The summed E-state index contributed by atoms with van der Waals surface area (Å²) in [6.45, 7) is -1.52. The average Bonchev–Trinajstić information content (AvgIpc) is 3.16. The highest BCUT2D eigenvalue weighted by Gasteiger charge is 2.17. The molecular formula is C21H17F3N2O5. The molecule has 0 aliphatic heterocycles. The van der Waals surface area contributed by atoms with Gasteiger partial charge in [0.15, 0.2) is 11.5 Å². The van der Waals surface area contributed by atoms with Crippen LogP contribution in [0.2, 0.25) is 0 Å². The van der Waals surface area contributed by atoms with Crippen molar-refractivity contribution in [3.63, 3.8) is 0 Å². The van der Waals surface area contributed by atoms with Crippen LogP contribution in [0.15, 0.2) is 53.1 Å². The zero-order valence-electron chi connectivity index (χ0n) is 16.4. The predicted molar refractivity (Wildman–Crippen MR) is 105 cm³/mol. The molecule has 7 nitrogen and oxygen atoms in total. The molecule has 0 atom stereocenters. The summed E-state index contributed by atoms with van der Waals surface area (Å²) >= 11 is 0. The fourth-order valence-electron chi connectivity index (χ4n) is 2.72. The van der Waals surface area contributed by atoms with E-state index in [2.05, 4.69) is 15.4 Å². The van der Waals surface area contributed by atoms with E-state index in [9.17, 15) is 22.8 Å². The first-order chi connectivity index (χ1) is 14.8. The molecule has 2 amide bonds. The Morgan fingerprint density at radius 1 is 1.00 bits per heavy atom. The maximum Gasteiger partial charge on any atom is 0.387 e. The molecule has 1 aromatic heterocycles. The number of benzene rings is 2. The molecule has 3 rings (SSSR count). The number of anilines is 2. The van der Waals surface area contributed by atoms with Crippen molar-refractivity contribution in [2.75, 3.05) is 17.7 Å². The van der Waals surface area contributed by atoms with E-state index >= 15 is 0 Å². The molecule has 0 bridgehead atoms. The zero-order chi connectivity index (χ0) is 22.5. The average molecular weight is 434 g/mol. The lowest BCUT2D eigenvalue weighted by molar-refractivity contribution is -0.0512. The minimum atomic E-state index is -3.10. The van der Waals surface area contributed by atoms with E-state index in [-0.39, 0.29) is 34.0 Å². The second-order valence-corrected chi connectivity index (χ2v) is 6.24. The van der Waals surface area contributed by atoms with E-state index in [1.807, 2.05) is 0 Å². The summed E-state index contributed by atoms with van der Waals surface area (Å²) in [5, 5.41) is 4.91. The van der Waals surface area contributed by atoms with Crippen LogP contribution < -0.4 is 20.1 Å². The minimum absolute atomic E-state index is 0.000354. The first-order valence-electron chi connectivity index (χ1n) is 8.87. The highest BCUT2D eigenvalue weighted by atomic mass is 19.3. The Morgan fingerprint density at radius 2 is 1.77 bits per heavy atom. The third-order valence-corrected chi connectivity index (χ3v) is 4.22. The molecule has 162 valence electrons. The number of aryl methyl sites for hydroxylation is 1. The fourth-order valence-corrected chi connectivity index (χ4v) is 2.72. The number of carbonyl (C=O) groups is 2. The lowest BCUT2D eigenvalue weighted by atomic mass is 10.1. The summed E-state index contributed by atoms with van der Waals surface area (Å²) in [6.07, 6.45) is 1.33. The van der Waals surface area contributed by atoms with Crippen LogP contribution in [-0.2, 0) is 0 Å². The monoisotopic (exact) mass is 434 g/mol. The Morgan fingerprint density at radius 3 is 2.42 bits per heavy atom. The number of rotatable bonds is 7. The van der Waals surface area contributed by atoms with Crippen molar-refractivity contribution in [2.24, 2.45) is 0 Å². The summed E-state index contributed by atoms with van der Waals surface area (Å²) in [4.78, 5) is 24.8. The quantitative estimate of drug-likeness (QED) is 0.555. The van der Waals surface area contributed by atoms with Gasteiger partial charge >= 0.3 is 6.61 Å². The molecule has 0 saturated heterocycles. The summed E-state index contributed by atoms with van der Waals surface area (Å²) in [5.41, 5.74) is 0.233. The standard InChI is InChI=1S/C21H17F3N2O5/c1-11-14(7-8-30-11)20(28)26-16-10-13(4-5-15(16)22)25-19(27)12-3-6-17(29-2)18(9-12)31-21(23)24/h3-10,21H,1-2H3,(H,25,27)(H,26,28). The predicted octanol–water partition coefficient (Wildman–Crippen LogP) is 4.84. The number of hydrogen-bond donors (Lipinski definition) is 2. The number of hydrogen-bond acceptors (Lipinski definition) is 5. The number of halogens is 3. The van der Waals surface area contributed by atoms with E-state index in [1.54, 1.807) is 6.92 Å². The molecule has 3 aromatic rings. The molecule has 1 heterocycles. The number of nitrogens with one attached hydrogen (secondary N) is 2. The molecule has 31 heavy (non-hydrogen) atoms. The van der Waals surface area contributed by atoms with Crippen molar-refractivity contribution in [3.8, 4) is 11.5 Å². The van der Waals surface area contributed by atoms with Crippen molar-refractivity contribution in [1.29, 1.82) is 0 Å². The van der Waals surface area contributed by atoms with Crippen LogP contribution in [0.1, 0.15) is 26.5 Å². The van der Waals surface area contributed by atoms with E-state index in [0.717, 1.165) is 12.1 Å². The van der Waals surface area contributed by atoms with Gasteiger partial charge in [-0.1, -0.05) is 0 Å². The van der Waals surface area contributed by atoms with Crippen LogP contribution in [0.25, 0.3) is 0 Å². The molecule has 2 N–H and O–H groups in total. The van der Waals surface area contributed by atoms with Crippen molar-refractivity contribution < 1.29 is 36.7 Å². The molecule has 0 aliphatic rings. The second kappa shape index (κ2) is 9.24. The van der Waals surface area contributed by atoms with Crippen molar-refractivity contribution >= 4 is 23.2 Å². The Hall–Kier alpha value is -3.95. The molecule has 10 heteroatoms. The number of amides is 2. The van der Waals surface area contributed by atoms with E-state index in [0.29, 0.717) is 5.76 Å². The third-order valence-electron chi connectivity index (χ3n) is 4.22. The van der Waals surface area contributed by atoms with Gasteiger partial charge < -0.3 is 24.5 Å². The molecular weight excluding hydrogens is 417 g/mol. The first kappa shape index (κ1) is 21.8. The maximum atomic E-state index is 14.1. The highest BCUT2D eigenvalue weighted by Crippen LogP contribution is 2.30. The zero-order valence-corrected chi connectivity index (χ0v) is 16.4. The number of carbonyl (C=O) groups excluding carboxylic acids is 2. The van der Waals surface area contributed by atoms with Gasteiger partial charge in [0.25, 0.3) is 11.8 Å². The Labute approximate surface area is 174 Å². The topological polar surface area (TPSA) is 89.8 Å². The van der Waals surface area contributed by atoms with Crippen LogP contribution >= 0.6 is 0 Å². The largest absolute Gasteiger partial charge is 0.493 e. The number of furan rings is 1. The van der Waals surface area contributed by atoms with Crippen LogP contribution in [0.3, 0.4) is 0 Å². The van der Waals surface area contributed by atoms with Gasteiger partial charge in [-0.3, -0.25) is 9.59 Å². The third kappa shape index (κ3) is 5.16. The molecule has 0 fully saturated rings. The lowest BCUT2D eigenvalue weighted by Crippen LogP contribution is -2.15. The van der Waals surface area contributed by atoms with Gasteiger partial charge in [0.05, 0.1) is 24.6 Å². The van der Waals surface area contributed by atoms with Gasteiger partial charge in [-0.2, -0.15) is 8.78 Å². The van der Waals surface area contributed by atoms with Crippen molar-refractivity contribution in [2.45, 2.75) is 13.5 Å². The number of alkyl halides is 2. The van der Waals surface area contributed by atoms with Crippen LogP contribution in [0.5, 0.6) is 11.5 Å². The Kier molecular flexibility index (Phi) is 6.49. The van der Waals surface area contributed by atoms with Crippen molar-refractivity contribution in [1.82, 2.24) is 0 Å². The normalized spacial score (nSPS) is 10.6. The summed E-state index contributed by atoms with van der Waals surface area (Å²) < 4.78 is 53.6. The van der Waals surface area contributed by atoms with Gasteiger partial charge in [-0.15, -0.1) is 0 Å². The molecule has 0 radical (unpaired) electrons. The van der Waals surface area contributed by atoms with Gasteiger partial charge in [-0.05, 0) is 49.4 Å². The summed E-state index contributed by atoms with van der Waals surface area (Å²) in [7, 11) is 1.27. The van der Waals surface area contributed by atoms with Gasteiger partial charge in [0.1, 0.15) is 11.6 Å². The minimum Gasteiger partial charge on any atom is -0.493 e. The molecule has 0 saturated carbocycles. The summed E-state index contributed by atoms with van der Waals surface area (Å²) in [5.74, 6) is -1.90. The molecule has 0 unspecified atom stereocenters. The molecule has 0 spiro atoms. The van der Waals surface area contributed by atoms with Crippen molar-refractivity contribution in [3.05, 3.63) is 71.4 Å². The Balaban J connectivity index is 1.78. The maximum absolute atomic E-state index is 14.1. The second-order valence-electron chi connectivity index (χ2n) is 6.24. The SMILES string of the molecule is COc1ccc(C(=O)Nc2ccc(F)c(NC(=O)c3ccoc3C)c2)cc1OC(F)F. The lowest BCUT2D eigenvalue weighted by Gasteiger charge is -2.12. The highest BCUT2D eigenvalue weighted by molar-refractivity contribution is 6.07. The van der Waals surface area contributed by atoms with Gasteiger partial charge in [0.2, 0.25) is 0 Å². The summed E-state index contributed by atoms with van der Waals surface area (Å²) in [6, 6.07) is 8.75. The fraction of sp³-hybridized carbons (Fsp3) is 0.143. The van der Waals surface area contributed by atoms with Gasteiger partial charge in [0, 0.05) is 11.3 Å². The van der Waals surface area contributed by atoms with E-state index in [4.69, 9.17) is 9.15 Å². The Bertz CT molecular complexity index is 1110. The van der Waals surface area contributed by atoms with Crippen LogP contribution in [0.4, 0.5) is 24.5 Å². The van der Waals surface area contributed by atoms with Crippen LogP contribution in [-0.4, -0.2) is 25.5 Å². The van der Waals surface area contributed by atoms with E-state index < -0.39 is 24.2 Å². The number of methoxy groups -OCH3 is 1. The van der Waals surface area contributed by atoms with Crippen LogP contribution in [0, 0.1) is 12.7 Å². The first-order valence-corrected chi connectivity index (χ1v) is 8.87. The van der Waals surface area contributed by atoms with E-state index in [1.165, 1.54) is 43.7 Å².